The van der Waals surface area contributed by atoms with Crippen LogP contribution in [0.5, 0.6) is 0 Å². The fraction of sp³-hybridized carbons (Fsp3) is 0.882. The summed E-state index contributed by atoms with van der Waals surface area (Å²) in [7, 11) is 0. The van der Waals surface area contributed by atoms with E-state index in [1.807, 2.05) is 0 Å². The first kappa shape index (κ1) is 17.3. The van der Waals surface area contributed by atoms with E-state index in [1.54, 1.807) is 0 Å². The van der Waals surface area contributed by atoms with Gasteiger partial charge in [0, 0.05) is 13.0 Å². The summed E-state index contributed by atoms with van der Waals surface area (Å²) in [5.74, 6) is 0.245. The highest BCUT2D eigenvalue weighted by Crippen LogP contribution is 2.27. The maximum Gasteiger partial charge on any atom is 0.239 e. The summed E-state index contributed by atoms with van der Waals surface area (Å²) in [5.41, 5.74) is -0.750. The number of nitrogens with one attached hydrogen (secondary N) is 2. The van der Waals surface area contributed by atoms with Crippen molar-refractivity contribution < 1.29 is 14.7 Å². The number of carbonyl (C=O) groups is 2. The number of rotatable bonds is 6. The minimum atomic E-state index is -0.750. The van der Waals surface area contributed by atoms with Crippen LogP contribution in [0.4, 0.5) is 0 Å². The Morgan fingerprint density at radius 1 is 0.909 bits per heavy atom. The highest BCUT2D eigenvalue weighted by molar-refractivity contribution is 5.84. The summed E-state index contributed by atoms with van der Waals surface area (Å²) >= 11 is 0. The Balaban J connectivity index is 1.59. The fourth-order valence-corrected chi connectivity index (χ4v) is 3.62. The zero-order valence-electron chi connectivity index (χ0n) is 13.5. The number of carbonyl (C=O) groups excluding carboxylic acids is 2. The van der Waals surface area contributed by atoms with Crippen LogP contribution in [0.25, 0.3) is 0 Å². The molecule has 0 aromatic heterocycles. The maximum atomic E-state index is 11.8. The van der Waals surface area contributed by atoms with Gasteiger partial charge in [0.2, 0.25) is 11.8 Å². The van der Waals surface area contributed by atoms with E-state index in [0.717, 1.165) is 44.9 Å². The molecular formula is C17H30N2O3. The van der Waals surface area contributed by atoms with E-state index >= 15 is 0 Å². The van der Waals surface area contributed by atoms with E-state index in [-0.39, 0.29) is 18.4 Å². The zero-order valence-corrected chi connectivity index (χ0v) is 13.5. The van der Waals surface area contributed by atoms with Gasteiger partial charge in [-0.25, -0.2) is 0 Å². The lowest BCUT2D eigenvalue weighted by atomic mass is 9.85. The second kappa shape index (κ2) is 8.51. The van der Waals surface area contributed by atoms with E-state index in [2.05, 4.69) is 10.6 Å². The summed E-state index contributed by atoms with van der Waals surface area (Å²) < 4.78 is 0. The van der Waals surface area contributed by atoms with Crippen molar-refractivity contribution in [1.29, 1.82) is 0 Å². The molecule has 22 heavy (non-hydrogen) atoms. The van der Waals surface area contributed by atoms with E-state index in [9.17, 15) is 14.7 Å². The van der Waals surface area contributed by atoms with Crippen LogP contribution in [0.2, 0.25) is 0 Å². The Morgan fingerprint density at radius 3 is 2.23 bits per heavy atom. The van der Waals surface area contributed by atoms with Crippen molar-refractivity contribution in [3.05, 3.63) is 0 Å². The van der Waals surface area contributed by atoms with Gasteiger partial charge in [-0.1, -0.05) is 38.5 Å². The van der Waals surface area contributed by atoms with Crippen LogP contribution in [0.3, 0.4) is 0 Å². The summed E-state index contributed by atoms with van der Waals surface area (Å²) in [5, 5.41) is 15.8. The second-order valence-corrected chi connectivity index (χ2v) is 7.05. The van der Waals surface area contributed by atoms with E-state index in [1.165, 1.54) is 19.3 Å². The average Bonchev–Trinajstić information content (AvgIpc) is 2.53. The summed E-state index contributed by atoms with van der Waals surface area (Å²) in [6.45, 7) is 0.311. The van der Waals surface area contributed by atoms with E-state index in [4.69, 9.17) is 0 Å². The minimum absolute atomic E-state index is 0.0155. The van der Waals surface area contributed by atoms with E-state index < -0.39 is 5.60 Å². The van der Waals surface area contributed by atoms with Gasteiger partial charge in [0.05, 0.1) is 12.1 Å². The number of hydrogen-bond acceptors (Lipinski definition) is 3. The smallest absolute Gasteiger partial charge is 0.239 e. The molecule has 2 saturated carbocycles. The van der Waals surface area contributed by atoms with Gasteiger partial charge >= 0.3 is 0 Å². The lowest BCUT2D eigenvalue weighted by molar-refractivity contribution is -0.127. The van der Waals surface area contributed by atoms with Gasteiger partial charge in [0.25, 0.3) is 0 Å². The van der Waals surface area contributed by atoms with Crippen LogP contribution >= 0.6 is 0 Å². The van der Waals surface area contributed by atoms with Gasteiger partial charge < -0.3 is 15.7 Å². The quantitative estimate of drug-likeness (QED) is 0.701. The third-order valence-corrected chi connectivity index (χ3v) is 5.04. The van der Waals surface area contributed by atoms with Gasteiger partial charge in [-0.3, -0.25) is 9.59 Å². The molecule has 0 unspecified atom stereocenters. The molecule has 2 fully saturated rings. The van der Waals surface area contributed by atoms with Crippen molar-refractivity contribution in [2.75, 3.05) is 13.1 Å². The fourth-order valence-electron chi connectivity index (χ4n) is 3.62. The SMILES string of the molecule is O=C(CNC(=O)CC1CCCCC1)NCC1(O)CCCCC1. The predicted octanol–water partition coefficient (Wildman–Crippen LogP) is 1.88. The van der Waals surface area contributed by atoms with Crippen molar-refractivity contribution in [3.63, 3.8) is 0 Å². The van der Waals surface area contributed by atoms with Gasteiger partial charge in [-0.15, -0.1) is 0 Å². The van der Waals surface area contributed by atoms with Crippen LogP contribution in [-0.4, -0.2) is 35.6 Å². The molecule has 0 atom stereocenters. The highest BCUT2D eigenvalue weighted by Gasteiger charge is 2.29. The Labute approximate surface area is 133 Å². The summed E-state index contributed by atoms with van der Waals surface area (Å²) in [6, 6.07) is 0. The Morgan fingerprint density at radius 2 is 1.55 bits per heavy atom. The molecule has 5 heteroatoms. The van der Waals surface area contributed by atoms with Gasteiger partial charge in [0.1, 0.15) is 0 Å². The van der Waals surface area contributed by atoms with Crippen molar-refractivity contribution in [1.82, 2.24) is 10.6 Å². The van der Waals surface area contributed by atoms with Crippen molar-refractivity contribution in [2.24, 2.45) is 5.92 Å². The monoisotopic (exact) mass is 310 g/mol. The molecule has 2 aliphatic carbocycles. The molecule has 0 spiro atoms. The molecule has 2 aliphatic rings. The zero-order chi connectivity index (χ0) is 15.8. The number of hydrogen-bond donors (Lipinski definition) is 3. The molecule has 2 amide bonds. The van der Waals surface area contributed by atoms with Crippen LogP contribution in [-0.2, 0) is 9.59 Å². The third kappa shape index (κ3) is 5.95. The molecule has 126 valence electrons. The normalized spacial score (nSPS) is 22.0. The Hall–Kier alpha value is -1.10. The Bertz CT molecular complexity index is 372. The standard InChI is InChI=1S/C17H30N2O3/c20-15(11-14-7-3-1-4-8-14)18-12-16(21)19-13-17(22)9-5-2-6-10-17/h14,22H,1-13H2,(H,18,20)(H,19,21). The topological polar surface area (TPSA) is 78.4 Å². The van der Waals surface area contributed by atoms with Gasteiger partial charge in [0.15, 0.2) is 0 Å². The van der Waals surface area contributed by atoms with Crippen LogP contribution in [0.15, 0.2) is 0 Å². The molecule has 0 saturated heterocycles. The summed E-state index contributed by atoms with van der Waals surface area (Å²) in [4.78, 5) is 23.6. The molecule has 5 nitrogen and oxygen atoms in total. The van der Waals surface area contributed by atoms with Gasteiger partial charge in [-0.05, 0) is 31.6 Å². The van der Waals surface area contributed by atoms with Crippen molar-refractivity contribution in [2.45, 2.75) is 76.2 Å². The number of aliphatic hydroxyl groups is 1. The predicted molar refractivity (Wildman–Crippen MR) is 85.2 cm³/mol. The molecule has 0 aromatic carbocycles. The molecule has 2 rings (SSSR count). The minimum Gasteiger partial charge on any atom is -0.388 e. The average molecular weight is 310 g/mol. The molecule has 0 bridgehead atoms. The maximum absolute atomic E-state index is 11.8. The first-order chi connectivity index (χ1) is 10.6. The van der Waals surface area contributed by atoms with Crippen LogP contribution in [0.1, 0.15) is 70.6 Å². The molecule has 3 N–H and O–H groups in total. The Kier molecular flexibility index (Phi) is 6.68. The van der Waals surface area contributed by atoms with Crippen LogP contribution < -0.4 is 10.6 Å². The highest BCUT2D eigenvalue weighted by atomic mass is 16.3. The van der Waals surface area contributed by atoms with Crippen LogP contribution in [0, 0.1) is 5.92 Å². The first-order valence-electron chi connectivity index (χ1n) is 8.83. The van der Waals surface area contributed by atoms with Crippen molar-refractivity contribution in [3.8, 4) is 0 Å². The first-order valence-corrected chi connectivity index (χ1v) is 8.83. The lowest BCUT2D eigenvalue weighted by Crippen LogP contribution is -2.47. The van der Waals surface area contributed by atoms with E-state index in [0.29, 0.717) is 18.9 Å². The number of amides is 2. The molecule has 0 heterocycles. The molecule has 0 aromatic rings. The second-order valence-electron chi connectivity index (χ2n) is 7.05. The molecule has 0 aliphatic heterocycles. The summed E-state index contributed by atoms with van der Waals surface area (Å²) in [6.07, 6.45) is 11.2. The van der Waals surface area contributed by atoms with Gasteiger partial charge in [-0.2, -0.15) is 0 Å². The van der Waals surface area contributed by atoms with Crippen molar-refractivity contribution >= 4 is 11.8 Å². The molecule has 0 radical (unpaired) electrons. The molecular weight excluding hydrogens is 280 g/mol. The lowest BCUT2D eigenvalue weighted by Gasteiger charge is -2.32. The largest absolute Gasteiger partial charge is 0.388 e. The third-order valence-electron chi connectivity index (χ3n) is 5.04.